The van der Waals surface area contributed by atoms with Crippen molar-refractivity contribution in [3.8, 4) is 11.8 Å². The van der Waals surface area contributed by atoms with Gasteiger partial charge in [0.25, 0.3) is 5.96 Å². The number of carbonyl (C=O) groups excluding carboxylic acids is 1. The average molecular weight is 611 g/mol. The highest BCUT2D eigenvalue weighted by molar-refractivity contribution is 5.90. The van der Waals surface area contributed by atoms with Crippen LogP contribution >= 0.6 is 0 Å². The number of quaternary nitrogens is 1. The number of allylic oxidation sites excluding steroid dienone is 1. The summed E-state index contributed by atoms with van der Waals surface area (Å²) in [6.45, 7) is 5.77. The van der Waals surface area contributed by atoms with Crippen molar-refractivity contribution >= 4 is 11.9 Å². The molecule has 2 spiro atoms. The SMILES string of the molecule is CN=C1NCC#CC2CC(C)C34CC(O)(C5CCC6CCC(O)CC6O5)C(C(=O)[O-])=C3CC2C42C[NH+]1CCC2CNCCO. The third-order valence-corrected chi connectivity index (χ3v) is 13.3. The number of aliphatic hydroxyl groups is 3. The Balaban J connectivity index is 1.38. The molecule has 0 aromatic heterocycles. The zero-order valence-electron chi connectivity index (χ0n) is 26.2. The number of carboxylic acids is 1. The summed E-state index contributed by atoms with van der Waals surface area (Å²) in [5.41, 5.74) is -1.60. The van der Waals surface area contributed by atoms with E-state index in [9.17, 15) is 25.2 Å². The smallest absolute Gasteiger partial charge is 0.296 e. The van der Waals surface area contributed by atoms with Crippen LogP contribution in [0.5, 0.6) is 0 Å². The van der Waals surface area contributed by atoms with Crippen LogP contribution in [-0.4, -0.2) is 97.5 Å². The second-order valence-corrected chi connectivity index (χ2v) is 15.0. The number of nitrogens with one attached hydrogen (secondary N) is 3. The number of hydrogen-bond acceptors (Lipinski definition) is 8. The average Bonchev–Trinajstić information content (AvgIpc) is 3.38. The normalized spacial score (nSPS) is 48.6. The third-order valence-electron chi connectivity index (χ3n) is 13.3. The summed E-state index contributed by atoms with van der Waals surface area (Å²) in [6, 6.07) is 0. The van der Waals surface area contributed by atoms with E-state index in [1.54, 1.807) is 0 Å². The Bertz CT molecular complexity index is 1290. The molecule has 10 nitrogen and oxygen atoms in total. The quantitative estimate of drug-likeness (QED) is 0.159. The number of carboxylic acid groups (broad SMARTS) is 1. The van der Waals surface area contributed by atoms with E-state index in [0.717, 1.165) is 63.3 Å². The zero-order chi connectivity index (χ0) is 30.9. The summed E-state index contributed by atoms with van der Waals surface area (Å²) in [5, 5.41) is 53.2. The molecule has 3 heterocycles. The van der Waals surface area contributed by atoms with Gasteiger partial charge in [0.2, 0.25) is 0 Å². The fraction of sp³-hybridized carbons (Fsp3) is 0.824. The minimum absolute atomic E-state index is 0.0579. The molecular weight excluding hydrogens is 560 g/mol. The molecule has 44 heavy (non-hydrogen) atoms. The molecule has 12 unspecified atom stereocenters. The standard InChI is InChI=1S/C34H50N4O6/c1-20-14-22-4-3-10-37-31(35-2)38-12-9-23(17-36-11-13-39)33(19-38)25(22)16-26-29(30(41)42)34(43,18-32(20,26)33)28-8-6-21-5-7-24(40)15-27(21)44-28/h20-25,27-28,36,39-40,43H,5-19H2,1-2H3,(H,35,37)(H,41,42). The molecule has 7 aliphatic rings. The second-order valence-electron chi connectivity index (χ2n) is 15.0. The lowest BCUT2D eigenvalue weighted by atomic mass is 9.43. The first-order chi connectivity index (χ1) is 21.2. The highest BCUT2D eigenvalue weighted by atomic mass is 16.5. The van der Waals surface area contributed by atoms with Gasteiger partial charge in [-0.15, -0.1) is 0 Å². The van der Waals surface area contributed by atoms with E-state index < -0.39 is 29.2 Å². The number of nitrogens with zero attached hydrogens (tertiary/aromatic N) is 1. The van der Waals surface area contributed by atoms with Crippen LogP contribution in [0.1, 0.15) is 64.7 Å². The van der Waals surface area contributed by atoms with Crippen molar-refractivity contribution < 1.29 is 34.9 Å². The Morgan fingerprint density at radius 1 is 1.25 bits per heavy atom. The van der Waals surface area contributed by atoms with E-state index in [-0.39, 0.29) is 47.4 Å². The molecule has 0 radical (unpaired) electrons. The van der Waals surface area contributed by atoms with Gasteiger partial charge in [-0.2, -0.15) is 0 Å². The first-order valence-electron chi connectivity index (χ1n) is 17.1. The van der Waals surface area contributed by atoms with Crippen molar-refractivity contribution in [1.29, 1.82) is 0 Å². The Morgan fingerprint density at radius 2 is 2.07 bits per heavy atom. The minimum Gasteiger partial charge on any atom is -0.545 e. The summed E-state index contributed by atoms with van der Waals surface area (Å²) in [5.74, 6) is 7.55. The number of carbonyl (C=O) groups is 1. The van der Waals surface area contributed by atoms with E-state index in [4.69, 9.17) is 4.74 Å². The predicted molar refractivity (Wildman–Crippen MR) is 161 cm³/mol. The van der Waals surface area contributed by atoms with Crippen molar-refractivity contribution in [3.63, 3.8) is 0 Å². The van der Waals surface area contributed by atoms with Crippen LogP contribution in [0, 0.1) is 52.3 Å². The van der Waals surface area contributed by atoms with Gasteiger partial charge in [-0.1, -0.05) is 24.3 Å². The first kappa shape index (κ1) is 30.6. The molecule has 2 saturated heterocycles. The maximum atomic E-state index is 13.3. The molecule has 5 bridgehead atoms. The van der Waals surface area contributed by atoms with Crippen LogP contribution in [0.2, 0.25) is 0 Å². The zero-order valence-corrected chi connectivity index (χ0v) is 26.2. The number of guanidine groups is 1. The van der Waals surface area contributed by atoms with Crippen molar-refractivity contribution in [3.05, 3.63) is 11.1 Å². The summed E-state index contributed by atoms with van der Waals surface area (Å²) in [7, 11) is 1.82. The topological polar surface area (TPSA) is 151 Å². The number of hydrogen-bond donors (Lipinski definition) is 6. The summed E-state index contributed by atoms with van der Waals surface area (Å²) >= 11 is 0. The van der Waals surface area contributed by atoms with Crippen LogP contribution < -0.4 is 20.6 Å². The van der Waals surface area contributed by atoms with Crippen molar-refractivity contribution in [2.45, 2.75) is 88.6 Å². The number of rotatable bonds is 6. The predicted octanol–water partition coefficient (Wildman–Crippen LogP) is -1.40. The largest absolute Gasteiger partial charge is 0.545 e. The van der Waals surface area contributed by atoms with Gasteiger partial charge in [0, 0.05) is 42.3 Å². The molecule has 0 amide bonds. The van der Waals surface area contributed by atoms with Gasteiger partial charge in [-0.25, -0.2) is 4.99 Å². The van der Waals surface area contributed by atoms with E-state index >= 15 is 0 Å². The van der Waals surface area contributed by atoms with Gasteiger partial charge < -0.3 is 40.6 Å². The fourth-order valence-corrected chi connectivity index (χ4v) is 11.8. The van der Waals surface area contributed by atoms with E-state index in [0.29, 0.717) is 44.7 Å². The van der Waals surface area contributed by atoms with Gasteiger partial charge in [0.1, 0.15) is 5.60 Å². The summed E-state index contributed by atoms with van der Waals surface area (Å²) in [4.78, 5) is 19.2. The molecule has 4 aliphatic carbocycles. The molecule has 0 aromatic rings. The van der Waals surface area contributed by atoms with E-state index in [1.807, 2.05) is 7.05 Å². The van der Waals surface area contributed by atoms with Crippen LogP contribution in [-0.2, 0) is 9.53 Å². The van der Waals surface area contributed by atoms with Crippen LogP contribution in [0.15, 0.2) is 16.1 Å². The molecule has 12 atom stereocenters. The van der Waals surface area contributed by atoms with E-state index in [1.165, 1.54) is 4.90 Å². The van der Waals surface area contributed by atoms with Crippen molar-refractivity contribution in [2.75, 3.05) is 46.4 Å². The fourth-order valence-electron chi connectivity index (χ4n) is 11.8. The summed E-state index contributed by atoms with van der Waals surface area (Å²) in [6.07, 6.45) is 5.12. The molecular formula is C34H50N4O6. The van der Waals surface area contributed by atoms with Gasteiger partial charge >= 0.3 is 0 Å². The summed E-state index contributed by atoms with van der Waals surface area (Å²) < 4.78 is 6.66. The van der Waals surface area contributed by atoms with Crippen LogP contribution in [0.4, 0.5) is 0 Å². The lowest BCUT2D eigenvalue weighted by Gasteiger charge is -2.62. The third kappa shape index (κ3) is 4.30. The minimum atomic E-state index is -1.66. The number of piperidine rings is 1. The number of aliphatic carboxylic acids is 1. The maximum absolute atomic E-state index is 13.3. The molecule has 3 saturated carbocycles. The van der Waals surface area contributed by atoms with Crippen LogP contribution in [0.3, 0.4) is 0 Å². The Hall–Kier alpha value is -2.00. The molecule has 6 N–H and O–H groups in total. The maximum Gasteiger partial charge on any atom is 0.296 e. The van der Waals surface area contributed by atoms with Gasteiger partial charge in [-0.3, -0.25) is 4.90 Å². The Labute approximate surface area is 260 Å². The Morgan fingerprint density at radius 3 is 2.84 bits per heavy atom. The molecule has 7 rings (SSSR count). The molecule has 10 heteroatoms. The number of ether oxygens (including phenoxy) is 1. The highest BCUT2D eigenvalue weighted by Crippen LogP contribution is 2.78. The van der Waals surface area contributed by atoms with Crippen molar-refractivity contribution in [2.24, 2.45) is 45.4 Å². The van der Waals surface area contributed by atoms with Gasteiger partial charge in [0.15, 0.2) is 0 Å². The molecule has 5 fully saturated rings. The van der Waals surface area contributed by atoms with Crippen molar-refractivity contribution in [1.82, 2.24) is 10.6 Å². The highest BCUT2D eigenvalue weighted by Gasteiger charge is 2.78. The second kappa shape index (κ2) is 11.4. The number of aliphatic imine (C=N–C) groups is 1. The monoisotopic (exact) mass is 610 g/mol. The first-order valence-corrected chi connectivity index (χ1v) is 17.1. The Kier molecular flexibility index (Phi) is 7.91. The van der Waals surface area contributed by atoms with E-state index in [2.05, 4.69) is 34.4 Å². The molecule has 3 aliphatic heterocycles. The van der Waals surface area contributed by atoms with Gasteiger partial charge in [-0.05, 0) is 81.6 Å². The lowest BCUT2D eigenvalue weighted by molar-refractivity contribution is -0.830. The van der Waals surface area contributed by atoms with Gasteiger partial charge in [0.05, 0.1) is 50.5 Å². The lowest BCUT2D eigenvalue weighted by Crippen LogP contribution is -3.19. The molecule has 0 aromatic carbocycles. The van der Waals surface area contributed by atoms with Crippen LogP contribution in [0.25, 0.3) is 0 Å². The number of aliphatic hydroxyl groups excluding tert-OH is 2. The number of fused-ring (bicyclic) bond motifs is 2. The molecule has 242 valence electrons.